The lowest BCUT2D eigenvalue weighted by atomic mass is 10.0. The highest BCUT2D eigenvalue weighted by molar-refractivity contribution is 6.29. The molecular formula is C20H22ClN5O3. The molecule has 1 aliphatic heterocycles. The summed E-state index contributed by atoms with van der Waals surface area (Å²) in [4.78, 5) is 34.1. The first kappa shape index (κ1) is 20.9. The number of aliphatic hydroxyl groups excluding tert-OH is 1. The average molecular weight is 416 g/mol. The molecule has 0 radical (unpaired) electrons. The van der Waals surface area contributed by atoms with Gasteiger partial charge in [0.15, 0.2) is 0 Å². The largest absolute Gasteiger partial charge is 0.394 e. The number of carbonyl (C=O) groups excluding carboxylic acids is 2. The molecule has 2 atom stereocenters. The average Bonchev–Trinajstić information content (AvgIpc) is 2.77. The van der Waals surface area contributed by atoms with E-state index in [1.807, 2.05) is 6.07 Å². The standard InChI is InChI=1S/C20H22ClN5O3/c1-3-19(28)26-10-17(24-9-14(26)11-27)13-7-15(25-18(21)8-13)12-4-5-23-16(6-12)20(29)22-2/h3-8,14,17,24,27H,1,9-11H2,2H3,(H,22,29)/t14-,17+/m1/s1. The number of piperazine rings is 1. The highest BCUT2D eigenvalue weighted by atomic mass is 35.5. The molecule has 0 aromatic carbocycles. The van der Waals surface area contributed by atoms with Gasteiger partial charge in [-0.1, -0.05) is 18.2 Å². The minimum Gasteiger partial charge on any atom is -0.394 e. The zero-order chi connectivity index (χ0) is 21.0. The highest BCUT2D eigenvalue weighted by Crippen LogP contribution is 2.27. The first-order valence-electron chi connectivity index (χ1n) is 9.10. The van der Waals surface area contributed by atoms with E-state index in [1.54, 1.807) is 23.1 Å². The van der Waals surface area contributed by atoms with Crippen LogP contribution in [0, 0.1) is 0 Å². The number of nitrogens with zero attached hydrogens (tertiary/aromatic N) is 3. The summed E-state index contributed by atoms with van der Waals surface area (Å²) in [7, 11) is 1.54. The topological polar surface area (TPSA) is 107 Å². The summed E-state index contributed by atoms with van der Waals surface area (Å²) >= 11 is 6.26. The van der Waals surface area contributed by atoms with Gasteiger partial charge in [-0.05, 0) is 35.9 Å². The van der Waals surface area contributed by atoms with Crippen LogP contribution in [0.4, 0.5) is 0 Å². The summed E-state index contributed by atoms with van der Waals surface area (Å²) in [5.41, 5.74) is 2.41. The lowest BCUT2D eigenvalue weighted by Gasteiger charge is -2.39. The molecule has 2 aromatic heterocycles. The number of pyridine rings is 2. The lowest BCUT2D eigenvalue weighted by Crippen LogP contribution is -2.56. The van der Waals surface area contributed by atoms with Crippen molar-refractivity contribution in [2.75, 3.05) is 26.7 Å². The van der Waals surface area contributed by atoms with Crippen LogP contribution < -0.4 is 10.6 Å². The molecule has 0 spiro atoms. The Morgan fingerprint density at radius 2 is 2.24 bits per heavy atom. The van der Waals surface area contributed by atoms with Crippen LogP contribution in [0.2, 0.25) is 5.15 Å². The van der Waals surface area contributed by atoms with E-state index in [0.29, 0.717) is 29.5 Å². The van der Waals surface area contributed by atoms with Crippen LogP contribution in [-0.4, -0.2) is 64.6 Å². The Hall–Kier alpha value is -2.81. The number of hydrogen-bond acceptors (Lipinski definition) is 6. The van der Waals surface area contributed by atoms with Gasteiger partial charge in [0.05, 0.1) is 24.4 Å². The van der Waals surface area contributed by atoms with E-state index in [2.05, 4.69) is 27.2 Å². The van der Waals surface area contributed by atoms with Crippen LogP contribution in [0.1, 0.15) is 22.1 Å². The fourth-order valence-electron chi connectivity index (χ4n) is 3.28. The van der Waals surface area contributed by atoms with Gasteiger partial charge in [0.1, 0.15) is 10.8 Å². The molecule has 9 heteroatoms. The molecule has 2 aromatic rings. The molecule has 0 saturated carbocycles. The second-order valence-electron chi connectivity index (χ2n) is 6.61. The van der Waals surface area contributed by atoms with E-state index in [0.717, 1.165) is 5.56 Å². The summed E-state index contributed by atoms with van der Waals surface area (Å²) in [5.74, 6) is -0.531. The second kappa shape index (κ2) is 9.13. The zero-order valence-corrected chi connectivity index (χ0v) is 16.7. The quantitative estimate of drug-likeness (QED) is 0.500. The smallest absolute Gasteiger partial charge is 0.269 e. The van der Waals surface area contributed by atoms with Crippen molar-refractivity contribution in [3.63, 3.8) is 0 Å². The maximum atomic E-state index is 12.2. The van der Waals surface area contributed by atoms with E-state index < -0.39 is 0 Å². The van der Waals surface area contributed by atoms with Crippen LogP contribution >= 0.6 is 11.6 Å². The van der Waals surface area contributed by atoms with E-state index in [4.69, 9.17) is 11.6 Å². The molecule has 29 heavy (non-hydrogen) atoms. The summed E-state index contributed by atoms with van der Waals surface area (Å²) in [6, 6.07) is 6.48. The molecule has 3 heterocycles. The molecule has 152 valence electrons. The second-order valence-corrected chi connectivity index (χ2v) is 7.00. The van der Waals surface area contributed by atoms with Crippen molar-refractivity contribution in [2.45, 2.75) is 12.1 Å². The summed E-state index contributed by atoms with van der Waals surface area (Å²) in [6.45, 7) is 4.19. The van der Waals surface area contributed by atoms with Gasteiger partial charge in [0, 0.05) is 31.9 Å². The van der Waals surface area contributed by atoms with Gasteiger partial charge in [-0.25, -0.2) is 4.98 Å². The number of amides is 2. The number of nitrogens with one attached hydrogen (secondary N) is 2. The number of hydrogen-bond donors (Lipinski definition) is 3. The third kappa shape index (κ3) is 4.61. The third-order valence-electron chi connectivity index (χ3n) is 4.82. The van der Waals surface area contributed by atoms with E-state index in [9.17, 15) is 14.7 Å². The predicted octanol–water partition coefficient (Wildman–Crippen LogP) is 1.18. The van der Waals surface area contributed by atoms with Crippen molar-refractivity contribution >= 4 is 23.4 Å². The molecule has 1 fully saturated rings. The fourth-order valence-corrected chi connectivity index (χ4v) is 3.50. The summed E-state index contributed by atoms with van der Waals surface area (Å²) in [6.07, 6.45) is 2.78. The van der Waals surface area contributed by atoms with Gasteiger partial charge < -0.3 is 20.6 Å². The molecule has 0 bridgehead atoms. The van der Waals surface area contributed by atoms with Gasteiger partial charge in [-0.2, -0.15) is 0 Å². The van der Waals surface area contributed by atoms with Gasteiger partial charge in [-0.3, -0.25) is 14.6 Å². The Labute approximate surface area is 173 Å². The van der Waals surface area contributed by atoms with Gasteiger partial charge in [0.25, 0.3) is 5.91 Å². The molecular weight excluding hydrogens is 394 g/mol. The van der Waals surface area contributed by atoms with Crippen LogP contribution in [0.15, 0.2) is 43.1 Å². The molecule has 1 aliphatic rings. The van der Waals surface area contributed by atoms with Crippen LogP contribution in [0.5, 0.6) is 0 Å². The van der Waals surface area contributed by atoms with Gasteiger partial charge in [0.2, 0.25) is 5.91 Å². The lowest BCUT2D eigenvalue weighted by molar-refractivity contribution is -0.130. The van der Waals surface area contributed by atoms with Crippen molar-refractivity contribution in [1.29, 1.82) is 0 Å². The Morgan fingerprint density at radius 1 is 1.45 bits per heavy atom. The number of halogens is 1. The highest BCUT2D eigenvalue weighted by Gasteiger charge is 2.31. The Kier molecular flexibility index (Phi) is 6.58. The molecule has 0 unspecified atom stereocenters. The normalized spacial score (nSPS) is 18.9. The van der Waals surface area contributed by atoms with Gasteiger partial charge in [-0.15, -0.1) is 0 Å². The van der Waals surface area contributed by atoms with Crippen molar-refractivity contribution in [3.05, 3.63) is 59.5 Å². The van der Waals surface area contributed by atoms with E-state index in [1.165, 1.54) is 19.3 Å². The molecule has 2 amide bonds. The van der Waals surface area contributed by atoms with Crippen LogP contribution in [-0.2, 0) is 4.79 Å². The Balaban J connectivity index is 1.92. The maximum absolute atomic E-state index is 12.2. The number of rotatable bonds is 5. The van der Waals surface area contributed by atoms with E-state index >= 15 is 0 Å². The minimum atomic E-state index is -0.316. The predicted molar refractivity (Wildman–Crippen MR) is 109 cm³/mol. The molecule has 1 saturated heterocycles. The summed E-state index contributed by atoms with van der Waals surface area (Å²) in [5, 5.41) is 15.7. The number of aromatic nitrogens is 2. The van der Waals surface area contributed by atoms with Crippen molar-refractivity contribution in [3.8, 4) is 11.3 Å². The molecule has 8 nitrogen and oxygen atoms in total. The zero-order valence-electron chi connectivity index (χ0n) is 15.9. The first-order valence-corrected chi connectivity index (χ1v) is 9.48. The Bertz CT molecular complexity index is 936. The van der Waals surface area contributed by atoms with Crippen molar-refractivity contribution in [1.82, 2.24) is 25.5 Å². The molecule has 3 N–H and O–H groups in total. The Morgan fingerprint density at radius 3 is 2.93 bits per heavy atom. The fraction of sp³-hybridized carbons (Fsp3) is 0.300. The molecule has 0 aliphatic carbocycles. The van der Waals surface area contributed by atoms with Crippen LogP contribution in [0.25, 0.3) is 11.3 Å². The minimum absolute atomic E-state index is 0.138. The van der Waals surface area contributed by atoms with Crippen molar-refractivity contribution in [2.24, 2.45) is 0 Å². The summed E-state index contributed by atoms with van der Waals surface area (Å²) < 4.78 is 0. The number of aliphatic hydroxyl groups is 1. The monoisotopic (exact) mass is 415 g/mol. The van der Waals surface area contributed by atoms with E-state index in [-0.39, 0.29) is 36.2 Å². The van der Waals surface area contributed by atoms with Crippen LogP contribution in [0.3, 0.4) is 0 Å². The first-order chi connectivity index (χ1) is 14.0. The maximum Gasteiger partial charge on any atom is 0.269 e. The van der Waals surface area contributed by atoms with Gasteiger partial charge >= 0.3 is 0 Å². The SMILES string of the molecule is C=CC(=O)N1C[C@@H](c2cc(Cl)nc(-c3ccnc(C(=O)NC)c3)c2)NC[C@@H]1CO. The number of carbonyl (C=O) groups is 2. The third-order valence-corrected chi connectivity index (χ3v) is 5.02. The molecule has 3 rings (SSSR count). The van der Waals surface area contributed by atoms with Crippen molar-refractivity contribution < 1.29 is 14.7 Å².